The van der Waals surface area contributed by atoms with Gasteiger partial charge in [0.1, 0.15) is 5.75 Å². The summed E-state index contributed by atoms with van der Waals surface area (Å²) in [6, 6.07) is 6.90. The van der Waals surface area contributed by atoms with Crippen LogP contribution in [0.15, 0.2) is 24.3 Å². The van der Waals surface area contributed by atoms with Crippen LogP contribution in [0, 0.1) is 0 Å². The summed E-state index contributed by atoms with van der Waals surface area (Å²) in [6.45, 7) is -0.158. The number of primary amides is 1. The molecule has 0 unspecified atom stereocenters. The van der Waals surface area contributed by atoms with E-state index in [1.54, 1.807) is 24.3 Å². The zero-order chi connectivity index (χ0) is 15.8. The molecule has 0 atom stereocenters. The summed E-state index contributed by atoms with van der Waals surface area (Å²) in [7, 11) is 0. The van der Waals surface area contributed by atoms with Crippen LogP contribution in [0.5, 0.6) is 5.75 Å². The number of carbonyl (C=O) groups is 2. The van der Waals surface area contributed by atoms with Crippen LogP contribution in [0.2, 0.25) is 0 Å². The van der Waals surface area contributed by atoms with Crippen LogP contribution in [0.3, 0.4) is 0 Å². The van der Waals surface area contributed by atoms with Crippen LogP contribution >= 0.6 is 0 Å². The van der Waals surface area contributed by atoms with Crippen LogP contribution in [-0.2, 0) is 4.79 Å². The van der Waals surface area contributed by atoms with Crippen molar-refractivity contribution in [3.05, 3.63) is 24.3 Å². The molecule has 4 N–H and O–H groups in total. The van der Waals surface area contributed by atoms with Crippen molar-refractivity contribution in [2.45, 2.75) is 44.6 Å². The second-order valence-corrected chi connectivity index (χ2v) is 5.57. The van der Waals surface area contributed by atoms with Crippen molar-refractivity contribution in [1.82, 2.24) is 5.32 Å². The molecule has 6 heteroatoms. The fraction of sp³-hybridized carbons (Fsp3) is 0.500. The third kappa shape index (κ3) is 5.63. The van der Waals surface area contributed by atoms with Crippen LogP contribution in [-0.4, -0.2) is 24.6 Å². The Balaban J connectivity index is 1.79. The van der Waals surface area contributed by atoms with Gasteiger partial charge in [-0.05, 0) is 37.1 Å². The molecular weight excluding hydrogens is 282 g/mol. The molecule has 1 aliphatic carbocycles. The van der Waals surface area contributed by atoms with Gasteiger partial charge in [-0.15, -0.1) is 0 Å². The van der Waals surface area contributed by atoms with Crippen molar-refractivity contribution >= 4 is 17.6 Å². The number of nitrogens with two attached hydrogens (primary N) is 1. The van der Waals surface area contributed by atoms with E-state index in [1.165, 1.54) is 25.7 Å². The number of carbonyl (C=O) groups excluding carboxylic acids is 2. The lowest BCUT2D eigenvalue weighted by Crippen LogP contribution is -2.37. The number of ether oxygens (including phenoxy) is 1. The van der Waals surface area contributed by atoms with Gasteiger partial charge in [-0.3, -0.25) is 4.79 Å². The lowest BCUT2D eigenvalue weighted by atomic mass is 10.1. The Labute approximate surface area is 130 Å². The van der Waals surface area contributed by atoms with Gasteiger partial charge in [0.2, 0.25) is 0 Å². The molecule has 1 aromatic carbocycles. The molecule has 0 aliphatic heterocycles. The molecular formula is C16H23N3O3. The number of benzene rings is 1. The lowest BCUT2D eigenvalue weighted by Gasteiger charge is -2.16. The molecule has 22 heavy (non-hydrogen) atoms. The quantitative estimate of drug-likeness (QED) is 0.729. The highest BCUT2D eigenvalue weighted by Crippen LogP contribution is 2.18. The van der Waals surface area contributed by atoms with Crippen LogP contribution < -0.4 is 21.1 Å². The topological polar surface area (TPSA) is 93.5 Å². The van der Waals surface area contributed by atoms with E-state index in [-0.39, 0.29) is 18.7 Å². The minimum atomic E-state index is -0.523. The first-order chi connectivity index (χ1) is 10.6. The Morgan fingerprint density at radius 3 is 2.32 bits per heavy atom. The standard InChI is InChI=1S/C16H23N3O3/c17-15(20)11-22-14-9-7-13(8-10-14)19-16(21)18-12-5-3-1-2-4-6-12/h7-10,12H,1-6,11H2,(H2,17,20)(H2,18,19,21). The maximum Gasteiger partial charge on any atom is 0.319 e. The highest BCUT2D eigenvalue weighted by atomic mass is 16.5. The van der Waals surface area contributed by atoms with Crippen LogP contribution in [0.25, 0.3) is 0 Å². The number of rotatable bonds is 5. The minimum Gasteiger partial charge on any atom is -0.484 e. The van der Waals surface area contributed by atoms with Crippen molar-refractivity contribution < 1.29 is 14.3 Å². The predicted molar refractivity (Wildman–Crippen MR) is 84.8 cm³/mol. The SMILES string of the molecule is NC(=O)COc1ccc(NC(=O)NC2CCCCCC2)cc1. The van der Waals surface area contributed by atoms with Crippen molar-refractivity contribution in [2.75, 3.05) is 11.9 Å². The Morgan fingerprint density at radius 1 is 1.09 bits per heavy atom. The molecule has 1 aliphatic rings. The smallest absolute Gasteiger partial charge is 0.319 e. The Kier molecular flexibility index (Phi) is 6.06. The molecule has 6 nitrogen and oxygen atoms in total. The summed E-state index contributed by atoms with van der Waals surface area (Å²) < 4.78 is 5.16. The minimum absolute atomic E-state index is 0.158. The summed E-state index contributed by atoms with van der Waals surface area (Å²) >= 11 is 0. The number of hydrogen-bond acceptors (Lipinski definition) is 3. The maximum absolute atomic E-state index is 12.0. The van der Waals surface area contributed by atoms with Gasteiger partial charge in [0, 0.05) is 11.7 Å². The first-order valence-corrected chi connectivity index (χ1v) is 7.72. The maximum atomic E-state index is 12.0. The molecule has 2 rings (SSSR count). The number of amides is 3. The van der Waals surface area contributed by atoms with Crippen molar-refractivity contribution in [2.24, 2.45) is 5.73 Å². The van der Waals surface area contributed by atoms with Crippen molar-refractivity contribution in [3.63, 3.8) is 0 Å². The predicted octanol–water partition coefficient (Wildman–Crippen LogP) is 2.39. The number of nitrogens with one attached hydrogen (secondary N) is 2. The molecule has 0 spiro atoms. The van der Waals surface area contributed by atoms with Gasteiger partial charge in [0.15, 0.2) is 6.61 Å². The zero-order valence-electron chi connectivity index (χ0n) is 12.6. The fourth-order valence-corrected chi connectivity index (χ4v) is 2.57. The molecule has 1 aromatic rings. The molecule has 1 fully saturated rings. The van der Waals surface area contributed by atoms with Gasteiger partial charge in [-0.25, -0.2) is 4.79 Å². The fourth-order valence-electron chi connectivity index (χ4n) is 2.57. The van der Waals surface area contributed by atoms with Crippen LogP contribution in [0.1, 0.15) is 38.5 Å². The molecule has 0 saturated heterocycles. The Hall–Kier alpha value is -2.24. The molecule has 0 heterocycles. The molecule has 0 bridgehead atoms. The van der Waals surface area contributed by atoms with Crippen molar-refractivity contribution in [3.8, 4) is 5.75 Å². The largest absolute Gasteiger partial charge is 0.484 e. The van der Waals surface area contributed by atoms with Gasteiger partial charge in [-0.1, -0.05) is 25.7 Å². The third-order valence-electron chi connectivity index (χ3n) is 3.68. The molecule has 0 aromatic heterocycles. The normalized spacial score (nSPS) is 15.6. The summed E-state index contributed by atoms with van der Waals surface area (Å²) in [5.74, 6) is 0.0125. The van der Waals surface area contributed by atoms with Gasteiger partial charge < -0.3 is 21.1 Å². The average Bonchev–Trinajstić information content (AvgIpc) is 2.75. The first kappa shape index (κ1) is 16.1. The summed E-state index contributed by atoms with van der Waals surface area (Å²) in [4.78, 5) is 22.6. The highest BCUT2D eigenvalue weighted by molar-refractivity contribution is 5.89. The van der Waals surface area contributed by atoms with Crippen molar-refractivity contribution in [1.29, 1.82) is 0 Å². The molecule has 120 valence electrons. The second-order valence-electron chi connectivity index (χ2n) is 5.57. The summed E-state index contributed by atoms with van der Waals surface area (Å²) in [5.41, 5.74) is 5.69. The van der Waals surface area contributed by atoms with Gasteiger partial charge >= 0.3 is 6.03 Å². The second kappa shape index (κ2) is 8.26. The van der Waals surface area contributed by atoms with E-state index in [2.05, 4.69) is 10.6 Å². The van der Waals surface area contributed by atoms with E-state index in [9.17, 15) is 9.59 Å². The Morgan fingerprint density at radius 2 is 1.73 bits per heavy atom. The molecule has 1 saturated carbocycles. The van der Waals surface area contributed by atoms with E-state index < -0.39 is 5.91 Å². The number of anilines is 1. The van der Waals surface area contributed by atoms with E-state index in [0.29, 0.717) is 11.4 Å². The van der Waals surface area contributed by atoms with E-state index in [4.69, 9.17) is 10.5 Å². The summed E-state index contributed by atoms with van der Waals surface area (Å²) in [5, 5.41) is 5.82. The lowest BCUT2D eigenvalue weighted by molar-refractivity contribution is -0.119. The Bertz CT molecular complexity index is 494. The van der Waals surface area contributed by atoms with Gasteiger partial charge in [0.25, 0.3) is 5.91 Å². The van der Waals surface area contributed by atoms with Gasteiger partial charge in [0.05, 0.1) is 0 Å². The van der Waals surface area contributed by atoms with Crippen LogP contribution in [0.4, 0.5) is 10.5 Å². The number of hydrogen-bond donors (Lipinski definition) is 3. The average molecular weight is 305 g/mol. The highest BCUT2D eigenvalue weighted by Gasteiger charge is 2.14. The van der Waals surface area contributed by atoms with E-state index >= 15 is 0 Å². The third-order valence-corrected chi connectivity index (χ3v) is 3.68. The van der Waals surface area contributed by atoms with E-state index in [0.717, 1.165) is 12.8 Å². The summed E-state index contributed by atoms with van der Waals surface area (Å²) in [6.07, 6.45) is 6.97. The van der Waals surface area contributed by atoms with E-state index in [1.807, 2.05) is 0 Å². The monoisotopic (exact) mass is 305 g/mol. The molecule has 0 radical (unpaired) electrons. The first-order valence-electron chi connectivity index (χ1n) is 7.72. The molecule has 3 amide bonds. The van der Waals surface area contributed by atoms with Gasteiger partial charge in [-0.2, -0.15) is 0 Å². The number of urea groups is 1. The zero-order valence-corrected chi connectivity index (χ0v) is 12.6.